The van der Waals surface area contributed by atoms with Crippen LogP contribution in [0.15, 0.2) is 0 Å². The van der Waals surface area contributed by atoms with Crippen LogP contribution in [0.4, 0.5) is 0 Å². The highest BCUT2D eigenvalue weighted by Crippen LogP contribution is 2.30. The van der Waals surface area contributed by atoms with Gasteiger partial charge in [-0.2, -0.15) is 0 Å². The molecule has 0 aliphatic heterocycles. The average molecular weight is 234 g/mol. The molecular weight excluding hydrogens is 216 g/mol. The van der Waals surface area contributed by atoms with Crippen LogP contribution in [0.25, 0.3) is 0 Å². The van der Waals surface area contributed by atoms with E-state index >= 15 is 0 Å². The summed E-state index contributed by atoms with van der Waals surface area (Å²) in [4.78, 5) is 11.0. The van der Waals surface area contributed by atoms with Gasteiger partial charge in [0.05, 0.1) is 0 Å². The summed E-state index contributed by atoms with van der Waals surface area (Å²) < 4.78 is 23.3. The van der Waals surface area contributed by atoms with Gasteiger partial charge in [-0.3, -0.25) is 4.79 Å². The van der Waals surface area contributed by atoms with Crippen molar-refractivity contribution in [1.29, 1.82) is 0 Å². The fourth-order valence-corrected chi connectivity index (χ4v) is 3.79. The molecule has 1 rings (SSSR count). The first kappa shape index (κ1) is 12.5. The van der Waals surface area contributed by atoms with Crippen LogP contribution < -0.4 is 0 Å². The van der Waals surface area contributed by atoms with E-state index in [2.05, 4.69) is 0 Å². The summed E-state index contributed by atoms with van der Waals surface area (Å²) in [5, 5.41) is 7.84. The second-order valence-electron chi connectivity index (χ2n) is 4.11. The van der Waals surface area contributed by atoms with Gasteiger partial charge in [0, 0.05) is 5.75 Å². The van der Waals surface area contributed by atoms with Gasteiger partial charge in [-0.25, -0.2) is 8.42 Å². The number of sulfone groups is 1. The van der Waals surface area contributed by atoms with E-state index in [9.17, 15) is 13.2 Å². The van der Waals surface area contributed by atoms with Gasteiger partial charge < -0.3 is 5.11 Å². The lowest BCUT2D eigenvalue weighted by Gasteiger charge is -2.26. The lowest BCUT2D eigenvalue weighted by Crippen LogP contribution is -2.39. The van der Waals surface area contributed by atoms with E-state index in [1.807, 2.05) is 0 Å². The molecule has 88 valence electrons. The Bertz CT molecular complexity index is 314. The summed E-state index contributed by atoms with van der Waals surface area (Å²) in [6.45, 7) is 1.51. The van der Waals surface area contributed by atoms with E-state index in [0.29, 0.717) is 0 Å². The van der Waals surface area contributed by atoms with Crippen molar-refractivity contribution in [2.45, 2.75) is 44.3 Å². The maximum Gasteiger partial charge on any atom is 0.322 e. The van der Waals surface area contributed by atoms with E-state index in [-0.39, 0.29) is 11.7 Å². The molecule has 0 aromatic carbocycles. The predicted octanol–water partition coefficient (Wildman–Crippen LogP) is 1.45. The topological polar surface area (TPSA) is 71.4 Å². The standard InChI is InChI=1S/C10H18O4S/c1-2-15(13,14)9(10(11)12)8-6-4-3-5-7-8/h8-9H,2-7H2,1H3,(H,11,12)/t9-/m1/s1. The van der Waals surface area contributed by atoms with Gasteiger partial charge in [0.15, 0.2) is 15.1 Å². The number of hydrogen-bond acceptors (Lipinski definition) is 3. The van der Waals surface area contributed by atoms with Crippen molar-refractivity contribution in [3.8, 4) is 0 Å². The van der Waals surface area contributed by atoms with Crippen LogP contribution in [0.5, 0.6) is 0 Å². The Morgan fingerprint density at radius 1 is 1.33 bits per heavy atom. The third kappa shape index (κ3) is 2.93. The zero-order valence-electron chi connectivity index (χ0n) is 8.98. The third-order valence-electron chi connectivity index (χ3n) is 3.11. The van der Waals surface area contributed by atoms with Crippen molar-refractivity contribution in [3.63, 3.8) is 0 Å². The highest BCUT2D eigenvalue weighted by molar-refractivity contribution is 7.92. The van der Waals surface area contributed by atoms with E-state index in [4.69, 9.17) is 5.11 Å². The minimum atomic E-state index is -3.46. The lowest BCUT2D eigenvalue weighted by molar-refractivity contribution is -0.137. The normalized spacial score (nSPS) is 21.1. The second kappa shape index (κ2) is 4.96. The van der Waals surface area contributed by atoms with Crippen molar-refractivity contribution >= 4 is 15.8 Å². The smallest absolute Gasteiger partial charge is 0.322 e. The number of carbonyl (C=O) groups is 1. The zero-order chi connectivity index (χ0) is 11.5. The van der Waals surface area contributed by atoms with Gasteiger partial charge in [-0.05, 0) is 18.8 Å². The Morgan fingerprint density at radius 3 is 2.27 bits per heavy atom. The summed E-state index contributed by atoms with van der Waals surface area (Å²) in [6.07, 6.45) is 4.46. The Hall–Kier alpha value is -0.580. The van der Waals surface area contributed by atoms with E-state index in [0.717, 1.165) is 32.1 Å². The molecule has 0 saturated heterocycles. The zero-order valence-corrected chi connectivity index (χ0v) is 9.79. The highest BCUT2D eigenvalue weighted by atomic mass is 32.2. The van der Waals surface area contributed by atoms with E-state index in [1.165, 1.54) is 6.92 Å². The molecule has 1 aliphatic rings. The fourth-order valence-electron chi connectivity index (χ4n) is 2.26. The fraction of sp³-hybridized carbons (Fsp3) is 0.900. The Morgan fingerprint density at radius 2 is 1.87 bits per heavy atom. The highest BCUT2D eigenvalue weighted by Gasteiger charge is 2.38. The van der Waals surface area contributed by atoms with Crippen molar-refractivity contribution in [2.75, 3.05) is 5.75 Å². The molecule has 5 heteroatoms. The van der Waals surface area contributed by atoms with Crippen LogP contribution in [0.3, 0.4) is 0 Å². The minimum absolute atomic E-state index is 0.0829. The molecule has 1 saturated carbocycles. The molecular formula is C10H18O4S. The Labute approximate surface area is 90.6 Å². The predicted molar refractivity (Wildman–Crippen MR) is 57.5 cm³/mol. The summed E-state index contributed by atoms with van der Waals surface area (Å²) >= 11 is 0. The van der Waals surface area contributed by atoms with Crippen molar-refractivity contribution in [3.05, 3.63) is 0 Å². The van der Waals surface area contributed by atoms with Crippen LogP contribution in [0, 0.1) is 5.92 Å². The molecule has 0 unspecified atom stereocenters. The number of aliphatic carboxylic acids is 1. The average Bonchev–Trinajstić information content (AvgIpc) is 2.18. The Balaban J connectivity index is 2.87. The molecule has 0 radical (unpaired) electrons. The minimum Gasteiger partial charge on any atom is -0.480 e. The largest absolute Gasteiger partial charge is 0.480 e. The van der Waals surface area contributed by atoms with E-state index < -0.39 is 21.1 Å². The number of carboxylic acid groups (broad SMARTS) is 1. The maximum absolute atomic E-state index is 11.7. The molecule has 0 aromatic heterocycles. The summed E-state index contributed by atoms with van der Waals surface area (Å²) in [5.41, 5.74) is 0. The van der Waals surface area contributed by atoms with Gasteiger partial charge in [-0.1, -0.05) is 26.2 Å². The SMILES string of the molecule is CCS(=O)(=O)[C@@H](C(=O)O)C1CCCCC1. The molecule has 4 nitrogen and oxygen atoms in total. The first-order valence-corrected chi connectivity index (χ1v) is 7.15. The Kier molecular flexibility index (Phi) is 4.13. The molecule has 0 amide bonds. The van der Waals surface area contributed by atoms with Crippen molar-refractivity contribution in [1.82, 2.24) is 0 Å². The molecule has 0 spiro atoms. The second-order valence-corrected chi connectivity index (χ2v) is 6.52. The number of carboxylic acids is 1. The van der Waals surface area contributed by atoms with E-state index in [1.54, 1.807) is 0 Å². The molecule has 15 heavy (non-hydrogen) atoms. The first-order valence-electron chi connectivity index (χ1n) is 5.43. The molecule has 0 heterocycles. The molecule has 1 N–H and O–H groups in total. The molecule has 0 aromatic rings. The van der Waals surface area contributed by atoms with Gasteiger partial charge in [0.25, 0.3) is 0 Å². The summed E-state index contributed by atoms with van der Waals surface area (Å²) in [6, 6.07) is 0. The van der Waals surface area contributed by atoms with Crippen LogP contribution in [0.1, 0.15) is 39.0 Å². The molecule has 1 atom stereocenters. The number of hydrogen-bond donors (Lipinski definition) is 1. The molecule has 0 bridgehead atoms. The quantitative estimate of drug-likeness (QED) is 0.799. The van der Waals surface area contributed by atoms with Crippen molar-refractivity contribution in [2.24, 2.45) is 5.92 Å². The van der Waals surface area contributed by atoms with Crippen LogP contribution in [-0.2, 0) is 14.6 Å². The third-order valence-corrected chi connectivity index (χ3v) is 5.28. The van der Waals surface area contributed by atoms with Crippen LogP contribution in [-0.4, -0.2) is 30.5 Å². The maximum atomic E-state index is 11.7. The lowest BCUT2D eigenvalue weighted by atomic mass is 9.87. The van der Waals surface area contributed by atoms with Crippen LogP contribution in [0.2, 0.25) is 0 Å². The van der Waals surface area contributed by atoms with Gasteiger partial charge in [0.2, 0.25) is 0 Å². The summed E-state index contributed by atoms with van der Waals surface area (Å²) in [7, 11) is -3.46. The van der Waals surface area contributed by atoms with Gasteiger partial charge in [-0.15, -0.1) is 0 Å². The molecule has 1 aliphatic carbocycles. The monoisotopic (exact) mass is 234 g/mol. The van der Waals surface area contributed by atoms with Gasteiger partial charge >= 0.3 is 5.97 Å². The number of rotatable bonds is 4. The summed E-state index contributed by atoms with van der Waals surface area (Å²) in [5.74, 6) is -1.44. The van der Waals surface area contributed by atoms with Gasteiger partial charge in [0.1, 0.15) is 0 Å². The first-order chi connectivity index (χ1) is 6.99. The molecule has 1 fully saturated rings. The van der Waals surface area contributed by atoms with Crippen LogP contribution >= 0.6 is 0 Å². The van der Waals surface area contributed by atoms with Crippen molar-refractivity contribution < 1.29 is 18.3 Å².